The van der Waals surface area contributed by atoms with Crippen LogP contribution >= 0.6 is 0 Å². The zero-order valence-corrected chi connectivity index (χ0v) is 10.5. The van der Waals surface area contributed by atoms with Gasteiger partial charge < -0.3 is 9.90 Å². The summed E-state index contributed by atoms with van der Waals surface area (Å²) in [5.74, 6) is 1.44. The van der Waals surface area contributed by atoms with Gasteiger partial charge in [-0.05, 0) is 32.1 Å². The quantitative estimate of drug-likeness (QED) is 0.763. The van der Waals surface area contributed by atoms with Gasteiger partial charge in [-0.25, -0.2) is 0 Å². The van der Waals surface area contributed by atoms with Gasteiger partial charge in [-0.2, -0.15) is 0 Å². The highest BCUT2D eigenvalue weighted by Gasteiger charge is 1.97. The van der Waals surface area contributed by atoms with Crippen LogP contribution < -0.4 is 0 Å². The van der Waals surface area contributed by atoms with Crippen LogP contribution in [0, 0.1) is 11.8 Å². The molecule has 0 bridgehead atoms. The molecule has 14 heavy (non-hydrogen) atoms. The van der Waals surface area contributed by atoms with Crippen LogP contribution in [0.2, 0.25) is 0 Å². The Hall–Kier alpha value is -0.370. The van der Waals surface area contributed by atoms with Crippen LogP contribution in [0.1, 0.15) is 55.8 Å². The lowest BCUT2D eigenvalue weighted by atomic mass is 10.1. The van der Waals surface area contributed by atoms with Crippen LogP contribution in [-0.2, 0) is 4.79 Å². The van der Waals surface area contributed by atoms with E-state index in [1.54, 1.807) is 6.92 Å². The lowest BCUT2D eigenvalue weighted by Crippen LogP contribution is -2.03. The van der Waals surface area contributed by atoms with E-state index < -0.39 is 0 Å². The normalized spacial score (nSPS) is 12.4. The highest BCUT2D eigenvalue weighted by atomic mass is 16.3. The van der Waals surface area contributed by atoms with Gasteiger partial charge in [0.2, 0.25) is 0 Å². The van der Waals surface area contributed by atoms with Crippen molar-refractivity contribution < 1.29 is 11.3 Å². The molecule has 0 aromatic carbocycles. The van der Waals surface area contributed by atoms with Gasteiger partial charge in [0, 0.05) is 7.85 Å². The van der Waals surface area contributed by atoms with Crippen molar-refractivity contribution in [2.75, 3.05) is 0 Å². The number of ketones is 1. The standard InChI is InChI=1S/C6H14O.C6H12O.H2/c2*1-5(2)4-6(3)7;/h5-7H,4H2,1-3H3;5H,4H2,1-3H3;1H. The molecule has 1 N–H and O–H groups in total. The highest BCUT2D eigenvalue weighted by Crippen LogP contribution is 2.02. The zero-order valence-electron chi connectivity index (χ0n) is 10.5. The molecule has 88 valence electrons. The summed E-state index contributed by atoms with van der Waals surface area (Å²) < 4.78 is 0. The van der Waals surface area contributed by atoms with Gasteiger partial charge in [0.1, 0.15) is 5.78 Å². The molecule has 0 fully saturated rings. The topological polar surface area (TPSA) is 37.3 Å². The van der Waals surface area contributed by atoms with Crippen molar-refractivity contribution in [3.05, 3.63) is 0 Å². The summed E-state index contributed by atoms with van der Waals surface area (Å²) in [6, 6.07) is 0. The molecule has 0 aliphatic carbocycles. The lowest BCUT2D eigenvalue weighted by molar-refractivity contribution is -0.117. The molecular formula is C12H28O2. The second-order valence-electron chi connectivity index (χ2n) is 4.78. The Morgan fingerprint density at radius 3 is 1.57 bits per heavy atom. The predicted octanol–water partition coefficient (Wildman–Crippen LogP) is 3.28. The average molecular weight is 204 g/mol. The molecule has 0 aliphatic rings. The van der Waals surface area contributed by atoms with Gasteiger partial charge in [-0.15, -0.1) is 0 Å². The van der Waals surface area contributed by atoms with Crippen molar-refractivity contribution in [2.24, 2.45) is 11.8 Å². The summed E-state index contributed by atoms with van der Waals surface area (Å²) >= 11 is 0. The first-order valence-corrected chi connectivity index (χ1v) is 5.43. The molecular weight excluding hydrogens is 176 g/mol. The van der Waals surface area contributed by atoms with E-state index in [1.165, 1.54) is 0 Å². The van der Waals surface area contributed by atoms with E-state index in [0.29, 0.717) is 11.8 Å². The molecule has 2 heteroatoms. The van der Waals surface area contributed by atoms with Crippen LogP contribution in [0.4, 0.5) is 0 Å². The maximum absolute atomic E-state index is 10.3. The zero-order chi connectivity index (χ0) is 11.7. The Morgan fingerprint density at radius 2 is 1.57 bits per heavy atom. The molecule has 0 aromatic rings. The smallest absolute Gasteiger partial charge is 0.130 e. The summed E-state index contributed by atoms with van der Waals surface area (Å²) in [5.41, 5.74) is 0. The Bertz CT molecular complexity index is 137. The summed E-state index contributed by atoms with van der Waals surface area (Å²) in [7, 11) is 0. The Balaban J connectivity index is -0.000000180. The third-order valence-corrected chi connectivity index (χ3v) is 1.51. The van der Waals surface area contributed by atoms with Crippen molar-refractivity contribution in [1.29, 1.82) is 0 Å². The van der Waals surface area contributed by atoms with Crippen molar-refractivity contribution in [3.63, 3.8) is 0 Å². The van der Waals surface area contributed by atoms with Crippen molar-refractivity contribution in [2.45, 2.75) is 60.5 Å². The van der Waals surface area contributed by atoms with Gasteiger partial charge in [0.15, 0.2) is 0 Å². The minimum atomic E-state index is -0.125. The number of aliphatic hydroxyl groups excluding tert-OH is 1. The number of rotatable bonds is 4. The van der Waals surface area contributed by atoms with E-state index in [2.05, 4.69) is 13.8 Å². The van der Waals surface area contributed by atoms with E-state index in [9.17, 15) is 4.79 Å². The fourth-order valence-electron chi connectivity index (χ4n) is 1.26. The molecule has 0 saturated heterocycles. The summed E-state index contributed by atoms with van der Waals surface area (Å²) in [4.78, 5) is 10.3. The van der Waals surface area contributed by atoms with Gasteiger partial charge in [0.05, 0.1) is 6.10 Å². The molecule has 0 saturated carbocycles. The van der Waals surface area contributed by atoms with Crippen molar-refractivity contribution in [3.8, 4) is 0 Å². The van der Waals surface area contributed by atoms with E-state index in [-0.39, 0.29) is 13.3 Å². The molecule has 0 rings (SSSR count). The second kappa shape index (κ2) is 9.20. The Kier molecular flexibility index (Phi) is 10.6. The molecule has 0 aromatic heterocycles. The number of carbonyl (C=O) groups is 1. The van der Waals surface area contributed by atoms with Gasteiger partial charge in [-0.1, -0.05) is 27.7 Å². The first-order valence-electron chi connectivity index (χ1n) is 5.43. The fraction of sp³-hybridized carbons (Fsp3) is 0.917. The maximum atomic E-state index is 10.3. The largest absolute Gasteiger partial charge is 0.393 e. The van der Waals surface area contributed by atoms with Crippen LogP contribution in [0.5, 0.6) is 0 Å². The third-order valence-electron chi connectivity index (χ3n) is 1.51. The highest BCUT2D eigenvalue weighted by molar-refractivity contribution is 5.75. The molecule has 0 aliphatic heterocycles. The number of Topliss-reactive ketones (excluding diaryl/α,β-unsaturated/α-hetero) is 1. The molecule has 0 spiro atoms. The number of hydrogen-bond acceptors (Lipinski definition) is 2. The molecule has 0 radical (unpaired) electrons. The first kappa shape index (κ1) is 16.1. The number of hydrogen-bond donors (Lipinski definition) is 1. The monoisotopic (exact) mass is 204 g/mol. The van der Waals surface area contributed by atoms with E-state index >= 15 is 0 Å². The van der Waals surface area contributed by atoms with Gasteiger partial charge in [-0.3, -0.25) is 0 Å². The second-order valence-corrected chi connectivity index (χ2v) is 4.78. The van der Waals surface area contributed by atoms with Crippen LogP contribution in [0.3, 0.4) is 0 Å². The van der Waals surface area contributed by atoms with E-state index in [1.807, 2.05) is 20.8 Å². The molecule has 0 amide bonds. The summed E-state index contributed by atoms with van der Waals surface area (Å²) in [6.07, 6.45) is 1.51. The van der Waals surface area contributed by atoms with Crippen LogP contribution in [0.15, 0.2) is 0 Å². The molecule has 1 unspecified atom stereocenters. The SMILES string of the molecule is CC(=O)CC(C)C.CC(C)CC(C)O.[HH]. The van der Waals surface area contributed by atoms with E-state index in [0.717, 1.165) is 12.8 Å². The summed E-state index contributed by atoms with van der Waals surface area (Å²) in [6.45, 7) is 11.7. The van der Waals surface area contributed by atoms with Crippen molar-refractivity contribution >= 4 is 5.78 Å². The Morgan fingerprint density at radius 1 is 1.14 bits per heavy atom. The molecule has 0 heterocycles. The van der Waals surface area contributed by atoms with Gasteiger partial charge in [0.25, 0.3) is 0 Å². The third kappa shape index (κ3) is 22.6. The minimum Gasteiger partial charge on any atom is -0.393 e. The fourth-order valence-corrected chi connectivity index (χ4v) is 1.26. The molecule has 2 nitrogen and oxygen atoms in total. The maximum Gasteiger partial charge on any atom is 0.130 e. The molecule has 1 atom stereocenters. The predicted molar refractivity (Wildman–Crippen MR) is 63.4 cm³/mol. The van der Waals surface area contributed by atoms with Gasteiger partial charge >= 0.3 is 0 Å². The minimum absolute atomic E-state index is 0. The van der Waals surface area contributed by atoms with E-state index in [4.69, 9.17) is 5.11 Å². The first-order chi connectivity index (χ1) is 6.25. The van der Waals surface area contributed by atoms with Crippen LogP contribution in [0.25, 0.3) is 0 Å². The lowest BCUT2D eigenvalue weighted by Gasteiger charge is -2.04. The summed E-state index contributed by atoms with van der Waals surface area (Å²) in [5, 5.41) is 8.72. The van der Waals surface area contributed by atoms with Crippen LogP contribution in [-0.4, -0.2) is 17.0 Å². The Labute approximate surface area is 90.2 Å². The average Bonchev–Trinajstić information content (AvgIpc) is 1.79. The number of carbonyl (C=O) groups excluding carboxylic acids is 1. The van der Waals surface area contributed by atoms with Crippen molar-refractivity contribution in [1.82, 2.24) is 0 Å². The number of aliphatic hydroxyl groups is 1.